The summed E-state index contributed by atoms with van der Waals surface area (Å²) < 4.78 is 2.00. The largest absolute Gasteiger partial charge is 0.366 e. The molecule has 2 aliphatic carbocycles. The molecule has 2 saturated carbocycles. The summed E-state index contributed by atoms with van der Waals surface area (Å²) in [6.07, 6.45) is 10.5. The molecule has 2 aromatic heterocycles. The number of aliphatic hydroxyl groups is 1. The molecule has 33 heavy (non-hydrogen) atoms. The van der Waals surface area contributed by atoms with Gasteiger partial charge in [0.25, 0.3) is 0 Å². The van der Waals surface area contributed by atoms with Gasteiger partial charge in [0.2, 0.25) is 5.95 Å². The topological polar surface area (TPSA) is 115 Å². The summed E-state index contributed by atoms with van der Waals surface area (Å²) in [5, 5.41) is 28.9. The standard InChI is InChI=1S/C22H32ClN9O/c23-19-9-25-21(28-17-7-26-32(12-17)18-3-4-24-8-18)30-20(19)27-16-5-13-10-31(11-14(13)6-16)22(33)29-15-1-2-15/h7,9,12-16,18,22,24,29,33H,1-6,8,10-11H2,(H2,25,27,28,30). The van der Waals surface area contributed by atoms with Gasteiger partial charge in [-0.1, -0.05) is 11.6 Å². The van der Waals surface area contributed by atoms with Crippen molar-refractivity contribution in [1.82, 2.24) is 35.3 Å². The second-order valence-corrected chi connectivity index (χ2v) is 10.4. The Bertz CT molecular complexity index is 963. The Kier molecular flexibility index (Phi) is 5.87. The smallest absolute Gasteiger partial charge is 0.229 e. The molecule has 0 aromatic carbocycles. The quantitative estimate of drug-likeness (QED) is 0.366. The van der Waals surface area contributed by atoms with E-state index in [4.69, 9.17) is 11.6 Å². The molecule has 2 aromatic rings. The molecule has 4 fully saturated rings. The lowest BCUT2D eigenvalue weighted by atomic mass is 10.0. The highest BCUT2D eigenvalue weighted by Gasteiger charge is 2.43. The van der Waals surface area contributed by atoms with Crippen molar-refractivity contribution >= 4 is 29.1 Å². The van der Waals surface area contributed by atoms with Gasteiger partial charge in [-0.25, -0.2) is 4.98 Å². The lowest BCUT2D eigenvalue weighted by Gasteiger charge is -2.25. The number of fused-ring (bicyclic) bond motifs is 1. The Morgan fingerprint density at radius 2 is 1.94 bits per heavy atom. The van der Waals surface area contributed by atoms with Crippen LogP contribution in [-0.4, -0.2) is 74.4 Å². The molecule has 4 heterocycles. The maximum Gasteiger partial charge on any atom is 0.229 e. The first-order valence-corrected chi connectivity index (χ1v) is 12.5. The molecule has 0 amide bonds. The van der Waals surface area contributed by atoms with Gasteiger partial charge in [0.15, 0.2) is 12.2 Å². The fourth-order valence-electron chi connectivity index (χ4n) is 5.54. The molecule has 0 spiro atoms. The number of rotatable bonds is 8. The van der Waals surface area contributed by atoms with Gasteiger partial charge in [-0.3, -0.25) is 14.9 Å². The number of aromatic nitrogens is 4. The van der Waals surface area contributed by atoms with Gasteiger partial charge in [-0.15, -0.1) is 0 Å². The second kappa shape index (κ2) is 8.99. The highest BCUT2D eigenvalue weighted by molar-refractivity contribution is 6.32. The Hall–Kier alpha value is -1.98. The fraction of sp³-hybridized carbons (Fsp3) is 0.682. The summed E-state index contributed by atoms with van der Waals surface area (Å²) in [4.78, 5) is 11.2. The molecular weight excluding hydrogens is 442 g/mol. The maximum absolute atomic E-state index is 10.4. The number of nitrogens with zero attached hydrogens (tertiary/aromatic N) is 5. The number of hydrogen-bond acceptors (Lipinski definition) is 9. The van der Waals surface area contributed by atoms with Crippen LogP contribution >= 0.6 is 11.6 Å². The van der Waals surface area contributed by atoms with Gasteiger partial charge < -0.3 is 21.1 Å². The first-order valence-electron chi connectivity index (χ1n) is 12.1. The van der Waals surface area contributed by atoms with Crippen molar-refractivity contribution < 1.29 is 5.11 Å². The number of likely N-dealkylation sites (tertiary alicyclic amines) is 1. The summed E-state index contributed by atoms with van der Waals surface area (Å²) in [7, 11) is 0. The van der Waals surface area contributed by atoms with Crippen molar-refractivity contribution in [3.05, 3.63) is 23.6 Å². The number of anilines is 3. The van der Waals surface area contributed by atoms with Crippen LogP contribution in [-0.2, 0) is 0 Å². The Balaban J connectivity index is 1.05. The van der Waals surface area contributed by atoms with Crippen LogP contribution in [0.3, 0.4) is 0 Å². The molecule has 4 atom stereocenters. The van der Waals surface area contributed by atoms with E-state index >= 15 is 0 Å². The molecule has 11 heteroatoms. The van der Waals surface area contributed by atoms with E-state index in [0.29, 0.717) is 46.8 Å². The third kappa shape index (κ3) is 4.81. The molecule has 4 unspecified atom stereocenters. The van der Waals surface area contributed by atoms with Crippen molar-refractivity contribution in [2.75, 3.05) is 36.8 Å². The van der Waals surface area contributed by atoms with Crippen molar-refractivity contribution in [3.8, 4) is 0 Å². The van der Waals surface area contributed by atoms with Crippen LogP contribution in [0.2, 0.25) is 5.02 Å². The summed E-state index contributed by atoms with van der Waals surface area (Å²) in [6, 6.07) is 1.23. The molecule has 0 radical (unpaired) electrons. The first-order chi connectivity index (χ1) is 16.1. The Labute approximate surface area is 198 Å². The summed E-state index contributed by atoms with van der Waals surface area (Å²) in [5.41, 5.74) is 0.865. The summed E-state index contributed by atoms with van der Waals surface area (Å²) in [6.45, 7) is 3.86. The average Bonchev–Trinajstić information content (AvgIpc) is 3.23. The monoisotopic (exact) mass is 473 g/mol. The number of hydrogen-bond donors (Lipinski definition) is 5. The second-order valence-electron chi connectivity index (χ2n) is 9.97. The third-order valence-corrected chi connectivity index (χ3v) is 7.71. The van der Waals surface area contributed by atoms with E-state index in [1.807, 2.05) is 10.9 Å². The van der Waals surface area contributed by atoms with Crippen LogP contribution in [0, 0.1) is 11.8 Å². The molecule has 2 saturated heterocycles. The van der Waals surface area contributed by atoms with Crippen molar-refractivity contribution in [1.29, 1.82) is 0 Å². The van der Waals surface area contributed by atoms with Crippen molar-refractivity contribution in [2.24, 2.45) is 11.8 Å². The van der Waals surface area contributed by atoms with E-state index in [-0.39, 0.29) is 0 Å². The van der Waals surface area contributed by atoms with Crippen molar-refractivity contribution in [3.63, 3.8) is 0 Å². The molecule has 6 rings (SSSR count). The van der Waals surface area contributed by atoms with Crippen LogP contribution in [0.15, 0.2) is 18.6 Å². The highest BCUT2D eigenvalue weighted by atomic mass is 35.5. The van der Waals surface area contributed by atoms with Crippen LogP contribution < -0.4 is 21.3 Å². The van der Waals surface area contributed by atoms with Gasteiger partial charge in [0.05, 0.1) is 24.1 Å². The van der Waals surface area contributed by atoms with Crippen LogP contribution in [0.4, 0.5) is 17.5 Å². The lowest BCUT2D eigenvalue weighted by Crippen LogP contribution is -2.46. The van der Waals surface area contributed by atoms with Gasteiger partial charge >= 0.3 is 0 Å². The lowest BCUT2D eigenvalue weighted by molar-refractivity contribution is -0.0136. The minimum atomic E-state index is -0.506. The zero-order valence-electron chi connectivity index (χ0n) is 18.6. The van der Waals surface area contributed by atoms with E-state index in [2.05, 4.69) is 41.2 Å². The normalized spacial score (nSPS) is 30.5. The van der Waals surface area contributed by atoms with E-state index in [1.165, 1.54) is 12.8 Å². The van der Waals surface area contributed by atoms with Crippen LogP contribution in [0.5, 0.6) is 0 Å². The summed E-state index contributed by atoms with van der Waals surface area (Å²) in [5.74, 6) is 2.35. The van der Waals surface area contributed by atoms with Crippen LogP contribution in [0.25, 0.3) is 0 Å². The average molecular weight is 474 g/mol. The third-order valence-electron chi connectivity index (χ3n) is 7.44. The van der Waals surface area contributed by atoms with E-state index in [1.54, 1.807) is 12.4 Å². The zero-order valence-corrected chi connectivity index (χ0v) is 19.4. The molecule has 0 bridgehead atoms. The molecule has 5 N–H and O–H groups in total. The zero-order chi connectivity index (χ0) is 22.4. The highest BCUT2D eigenvalue weighted by Crippen LogP contribution is 2.40. The minimum absolute atomic E-state index is 0.327. The maximum atomic E-state index is 10.4. The SMILES string of the molecule is OC(NC1CC1)N1CC2CC(Nc3nc(Nc4cnn(C5CCNC5)c4)ncc3Cl)CC2C1. The van der Waals surface area contributed by atoms with E-state index in [9.17, 15) is 5.11 Å². The predicted molar refractivity (Wildman–Crippen MR) is 126 cm³/mol. The minimum Gasteiger partial charge on any atom is -0.366 e. The van der Waals surface area contributed by atoms with Gasteiger partial charge in [-0.05, 0) is 50.5 Å². The molecule has 178 valence electrons. The molecule has 10 nitrogen and oxygen atoms in total. The van der Waals surface area contributed by atoms with Crippen molar-refractivity contribution in [2.45, 2.75) is 56.6 Å². The number of halogens is 1. The van der Waals surface area contributed by atoms with Crippen LogP contribution in [0.1, 0.15) is 38.1 Å². The van der Waals surface area contributed by atoms with E-state index < -0.39 is 6.35 Å². The molecule has 4 aliphatic rings. The van der Waals surface area contributed by atoms with Gasteiger partial charge in [0.1, 0.15) is 5.02 Å². The van der Waals surface area contributed by atoms with E-state index in [0.717, 1.165) is 51.1 Å². The number of nitrogens with one attached hydrogen (secondary N) is 4. The molecule has 2 aliphatic heterocycles. The first kappa shape index (κ1) is 21.5. The van der Waals surface area contributed by atoms with Gasteiger partial charge in [0, 0.05) is 37.9 Å². The molecular formula is C22H32ClN9O. The fourth-order valence-corrected chi connectivity index (χ4v) is 5.68. The number of aliphatic hydroxyl groups excluding tert-OH is 1. The van der Waals surface area contributed by atoms with Gasteiger partial charge in [-0.2, -0.15) is 10.1 Å². The summed E-state index contributed by atoms with van der Waals surface area (Å²) >= 11 is 6.42. The Morgan fingerprint density at radius 3 is 2.67 bits per heavy atom. The predicted octanol–water partition coefficient (Wildman–Crippen LogP) is 1.75. The Morgan fingerprint density at radius 1 is 1.12 bits per heavy atom.